The highest BCUT2D eigenvalue weighted by Crippen LogP contribution is 2.13. The molecule has 1 rings (SSSR count). The van der Waals surface area contributed by atoms with E-state index < -0.39 is 0 Å². The summed E-state index contributed by atoms with van der Waals surface area (Å²) in [4.78, 5) is 0. The third-order valence-electron chi connectivity index (χ3n) is 4.97. The van der Waals surface area contributed by atoms with Crippen molar-refractivity contribution in [2.45, 2.75) is 96.8 Å². The summed E-state index contributed by atoms with van der Waals surface area (Å²) in [6.07, 6.45) is 21.7. The molecule has 28 heavy (non-hydrogen) atoms. The summed E-state index contributed by atoms with van der Waals surface area (Å²) in [6, 6.07) is 4.96. The summed E-state index contributed by atoms with van der Waals surface area (Å²) in [5.74, 6) is 0. The number of aromatic nitrogens is 1. The van der Waals surface area contributed by atoms with Gasteiger partial charge in [-0.05, 0) is 31.2 Å². The Kier molecular flexibility index (Phi) is 17.6. The maximum absolute atomic E-state index is 10.4. The Morgan fingerprint density at radius 2 is 1.18 bits per heavy atom. The normalized spacial score (nSPS) is 11.1. The van der Waals surface area contributed by atoms with Gasteiger partial charge in [0.1, 0.15) is 4.64 Å². The number of unbranched alkanes of at least 4 members (excludes halogenated alkanes) is 13. The molecule has 1 aromatic rings. The van der Waals surface area contributed by atoms with Crippen molar-refractivity contribution in [2.24, 2.45) is 0 Å². The first-order chi connectivity index (χ1) is 13.4. The second-order valence-corrected chi connectivity index (χ2v) is 9.39. The fourth-order valence-electron chi connectivity index (χ4n) is 3.19. The largest absolute Gasteiger partial charge is 0.805 e. The van der Waals surface area contributed by atoms with Crippen molar-refractivity contribution in [3.05, 3.63) is 34.2 Å². The molecule has 0 aliphatic rings. The van der Waals surface area contributed by atoms with E-state index in [2.05, 4.69) is 40.3 Å². The molecule has 0 aliphatic carbocycles. The lowest BCUT2D eigenvalue weighted by molar-refractivity contribution is -0.870. The molecule has 0 saturated carbocycles. The van der Waals surface area contributed by atoms with Crippen molar-refractivity contribution in [3.63, 3.8) is 0 Å². The van der Waals surface area contributed by atoms with E-state index in [1.807, 2.05) is 0 Å². The number of pyridine rings is 1. The van der Waals surface area contributed by atoms with Gasteiger partial charge < -0.3 is 14.4 Å². The molecule has 1 heterocycles. The van der Waals surface area contributed by atoms with Gasteiger partial charge in [0, 0.05) is 0 Å². The van der Waals surface area contributed by atoms with Crippen LogP contribution in [0, 0.1) is 9.85 Å². The van der Waals surface area contributed by atoms with Crippen LogP contribution in [0.2, 0.25) is 0 Å². The van der Waals surface area contributed by atoms with Crippen LogP contribution >= 0.6 is 12.2 Å². The Labute approximate surface area is 180 Å². The van der Waals surface area contributed by atoms with Crippen LogP contribution in [0.3, 0.4) is 0 Å². The number of hydrogen-bond acceptors (Lipinski definition) is 2. The van der Waals surface area contributed by atoms with E-state index in [-0.39, 0.29) is 0 Å². The van der Waals surface area contributed by atoms with Gasteiger partial charge in [0.25, 0.3) is 0 Å². The second-order valence-electron chi connectivity index (χ2n) is 8.97. The van der Waals surface area contributed by atoms with Crippen molar-refractivity contribution in [2.75, 3.05) is 27.7 Å². The topological polar surface area (TPSA) is 28.0 Å². The van der Waals surface area contributed by atoms with Crippen molar-refractivity contribution in [1.29, 1.82) is 0 Å². The molecule has 0 radical (unpaired) electrons. The lowest BCUT2D eigenvalue weighted by Crippen LogP contribution is -2.35. The van der Waals surface area contributed by atoms with Gasteiger partial charge in [-0.1, -0.05) is 102 Å². The predicted octanol–water partition coefficient (Wildman–Crippen LogP) is 7.74. The third-order valence-corrected chi connectivity index (χ3v) is 5.29. The van der Waals surface area contributed by atoms with Crippen LogP contribution in [-0.2, 0) is 0 Å². The van der Waals surface area contributed by atoms with Gasteiger partial charge in [-0.2, -0.15) is 0 Å². The fourth-order valence-corrected chi connectivity index (χ4v) is 3.33. The molecule has 0 amide bonds. The monoisotopic (exact) mass is 410 g/mol. The Morgan fingerprint density at radius 3 is 1.50 bits per heavy atom. The SMILES string of the molecule is CCCCCCCCCCCCCCCC[N+](C)(C)C.[O-]n1ccccc1=S. The summed E-state index contributed by atoms with van der Waals surface area (Å²) in [5.41, 5.74) is 0. The molecule has 0 fully saturated rings. The van der Waals surface area contributed by atoms with Gasteiger partial charge in [0.15, 0.2) is 0 Å². The molecule has 164 valence electrons. The van der Waals surface area contributed by atoms with Crippen LogP contribution in [0.1, 0.15) is 96.8 Å². The first-order valence-corrected chi connectivity index (χ1v) is 11.9. The van der Waals surface area contributed by atoms with Crippen LogP contribution < -0.4 is 0 Å². The maximum Gasteiger partial charge on any atom is 0.101 e. The van der Waals surface area contributed by atoms with Gasteiger partial charge >= 0.3 is 0 Å². The van der Waals surface area contributed by atoms with Gasteiger partial charge in [-0.15, -0.1) is 0 Å². The Hall–Kier alpha value is -0.870. The van der Waals surface area contributed by atoms with E-state index in [9.17, 15) is 5.21 Å². The van der Waals surface area contributed by atoms with E-state index in [0.717, 1.165) is 4.48 Å². The van der Waals surface area contributed by atoms with Crippen molar-refractivity contribution < 1.29 is 4.48 Å². The lowest BCUT2D eigenvalue weighted by atomic mass is 10.0. The molecule has 0 bridgehead atoms. The lowest BCUT2D eigenvalue weighted by Gasteiger charge is -2.23. The average Bonchev–Trinajstić information content (AvgIpc) is 2.64. The van der Waals surface area contributed by atoms with E-state index in [0.29, 0.717) is 9.37 Å². The Balaban J connectivity index is 0.000000749. The summed E-state index contributed by atoms with van der Waals surface area (Å²) in [6.45, 7) is 3.63. The molecule has 0 N–H and O–H groups in total. The molecule has 0 spiro atoms. The summed E-state index contributed by atoms with van der Waals surface area (Å²) in [5, 5.41) is 10.4. The average molecular weight is 411 g/mol. The van der Waals surface area contributed by atoms with Gasteiger partial charge in [-0.3, -0.25) is 0 Å². The smallest absolute Gasteiger partial charge is 0.101 e. The zero-order chi connectivity index (χ0) is 21.1. The minimum atomic E-state index is 0.313. The van der Waals surface area contributed by atoms with Gasteiger partial charge in [0.2, 0.25) is 0 Å². The Bertz CT molecular complexity index is 508. The molecule has 0 unspecified atom stereocenters. The van der Waals surface area contributed by atoms with Crippen LogP contribution in [0.4, 0.5) is 0 Å². The number of quaternary nitrogens is 1. The summed E-state index contributed by atoms with van der Waals surface area (Å²) in [7, 11) is 6.88. The fraction of sp³-hybridized carbons (Fsp3) is 0.792. The molecule has 1 aromatic heterocycles. The molecular formula is C24H46N2OS. The molecular weight excluding hydrogens is 364 g/mol. The quantitative estimate of drug-likeness (QED) is 0.168. The zero-order valence-corrected chi connectivity index (χ0v) is 19.9. The highest BCUT2D eigenvalue weighted by molar-refractivity contribution is 7.71. The first kappa shape index (κ1) is 27.1. The Morgan fingerprint density at radius 1 is 0.750 bits per heavy atom. The molecule has 3 nitrogen and oxygen atoms in total. The zero-order valence-electron chi connectivity index (χ0n) is 19.1. The predicted molar refractivity (Wildman–Crippen MR) is 127 cm³/mol. The van der Waals surface area contributed by atoms with Gasteiger partial charge in [-0.25, -0.2) is 0 Å². The van der Waals surface area contributed by atoms with Crippen molar-refractivity contribution >= 4 is 12.2 Å². The minimum Gasteiger partial charge on any atom is -0.805 e. The first-order valence-electron chi connectivity index (χ1n) is 11.5. The highest BCUT2D eigenvalue weighted by Gasteiger charge is 2.04. The summed E-state index contributed by atoms with van der Waals surface area (Å²) >= 11 is 4.60. The number of nitrogens with zero attached hydrogens (tertiary/aromatic N) is 2. The standard InChI is InChI=1S/C19H42N.C5H4NOS/c1-5-6-7-8-9-10-11-12-13-14-15-16-17-18-19-20(2,3)4;7-6-4-2-1-3-5(6)8/h5-19H2,1-4H3;1-4H/q+1;-1. The van der Waals surface area contributed by atoms with Crippen LogP contribution in [-0.4, -0.2) is 36.9 Å². The van der Waals surface area contributed by atoms with E-state index in [1.54, 1.807) is 18.2 Å². The van der Waals surface area contributed by atoms with Crippen molar-refractivity contribution in [1.82, 2.24) is 4.73 Å². The van der Waals surface area contributed by atoms with Crippen LogP contribution in [0.5, 0.6) is 0 Å². The van der Waals surface area contributed by atoms with E-state index in [1.165, 1.54) is 103 Å². The molecule has 0 saturated heterocycles. The minimum absolute atomic E-state index is 0.313. The van der Waals surface area contributed by atoms with E-state index in [4.69, 9.17) is 0 Å². The van der Waals surface area contributed by atoms with Crippen LogP contribution in [0.15, 0.2) is 24.4 Å². The third kappa shape index (κ3) is 19.9. The molecule has 4 heteroatoms. The summed E-state index contributed by atoms with van der Waals surface area (Å²) < 4.78 is 2.08. The molecule has 0 atom stereocenters. The van der Waals surface area contributed by atoms with Crippen molar-refractivity contribution in [3.8, 4) is 0 Å². The second kappa shape index (κ2) is 18.2. The maximum atomic E-state index is 10.4. The van der Waals surface area contributed by atoms with Crippen LogP contribution in [0.25, 0.3) is 0 Å². The molecule has 0 aliphatic heterocycles. The number of rotatable bonds is 15. The number of hydrogen-bond donors (Lipinski definition) is 0. The highest BCUT2D eigenvalue weighted by atomic mass is 32.1. The van der Waals surface area contributed by atoms with Gasteiger partial charge in [0.05, 0.1) is 27.7 Å². The van der Waals surface area contributed by atoms with E-state index >= 15 is 0 Å². The molecule has 0 aromatic carbocycles.